The number of para-hydroxylation sites is 2. The lowest BCUT2D eigenvalue weighted by Crippen LogP contribution is -2.37. The maximum Gasteiger partial charge on any atom is 0.331 e. The molecule has 1 aromatic heterocycles. The highest BCUT2D eigenvalue weighted by Crippen LogP contribution is 2.34. The number of ether oxygens (including phenoxy) is 1. The standard InChI is InChI=1S/C18H19NO2/c1-4-21-17(20)18(2,3)19-15-11-7-5-9-13(15)14-10-6-8-12-16(14)19/h5-12H,4H2,1-3H3. The van der Waals surface area contributed by atoms with E-state index in [0.717, 1.165) is 21.8 Å². The van der Waals surface area contributed by atoms with Crippen molar-refractivity contribution in [2.24, 2.45) is 0 Å². The molecule has 0 spiro atoms. The van der Waals surface area contributed by atoms with Crippen LogP contribution in [0, 0.1) is 0 Å². The molecule has 0 bridgehead atoms. The summed E-state index contributed by atoms with van der Waals surface area (Å²) in [7, 11) is 0. The molecule has 2 aromatic carbocycles. The molecule has 0 aliphatic heterocycles. The Kier molecular flexibility index (Phi) is 3.20. The summed E-state index contributed by atoms with van der Waals surface area (Å²) in [5.74, 6) is -0.212. The fraction of sp³-hybridized carbons (Fsp3) is 0.278. The van der Waals surface area contributed by atoms with Crippen LogP contribution in [0.5, 0.6) is 0 Å². The molecule has 0 amide bonds. The molecule has 0 unspecified atom stereocenters. The van der Waals surface area contributed by atoms with Crippen molar-refractivity contribution in [2.75, 3.05) is 6.61 Å². The first-order chi connectivity index (χ1) is 10.1. The second-order valence-corrected chi connectivity index (χ2v) is 5.65. The van der Waals surface area contributed by atoms with E-state index in [0.29, 0.717) is 6.61 Å². The minimum absolute atomic E-state index is 0.212. The van der Waals surface area contributed by atoms with Gasteiger partial charge in [0.1, 0.15) is 5.54 Å². The molecule has 3 aromatic rings. The average molecular weight is 281 g/mol. The first kappa shape index (κ1) is 13.7. The summed E-state index contributed by atoms with van der Waals surface area (Å²) in [6.07, 6.45) is 0. The van der Waals surface area contributed by atoms with Crippen molar-refractivity contribution < 1.29 is 9.53 Å². The Bertz CT molecular complexity index is 761. The maximum atomic E-state index is 12.4. The highest BCUT2D eigenvalue weighted by atomic mass is 16.5. The average Bonchev–Trinajstić information content (AvgIpc) is 2.82. The highest BCUT2D eigenvalue weighted by Gasteiger charge is 2.33. The van der Waals surface area contributed by atoms with Crippen LogP contribution in [-0.2, 0) is 15.1 Å². The van der Waals surface area contributed by atoms with E-state index in [9.17, 15) is 4.79 Å². The summed E-state index contributed by atoms with van der Waals surface area (Å²) < 4.78 is 7.35. The van der Waals surface area contributed by atoms with Gasteiger partial charge in [-0.2, -0.15) is 0 Å². The second-order valence-electron chi connectivity index (χ2n) is 5.65. The minimum Gasteiger partial charge on any atom is -0.464 e. The lowest BCUT2D eigenvalue weighted by molar-refractivity contribution is -0.151. The van der Waals surface area contributed by atoms with Gasteiger partial charge in [-0.3, -0.25) is 0 Å². The van der Waals surface area contributed by atoms with Crippen molar-refractivity contribution in [3.63, 3.8) is 0 Å². The molecular formula is C18H19NO2. The molecule has 0 radical (unpaired) electrons. The number of fused-ring (bicyclic) bond motifs is 3. The SMILES string of the molecule is CCOC(=O)C(C)(C)n1c2ccccc2c2ccccc21. The number of esters is 1. The number of carbonyl (C=O) groups excluding carboxylic acids is 1. The Morgan fingerprint density at radius 1 is 1.00 bits per heavy atom. The molecule has 0 atom stereocenters. The number of nitrogens with zero attached hydrogens (tertiary/aromatic N) is 1. The fourth-order valence-electron chi connectivity index (χ4n) is 2.92. The van der Waals surface area contributed by atoms with E-state index in [1.54, 1.807) is 0 Å². The molecular weight excluding hydrogens is 262 g/mol. The smallest absolute Gasteiger partial charge is 0.331 e. The molecule has 0 aliphatic carbocycles. The quantitative estimate of drug-likeness (QED) is 0.677. The molecule has 0 saturated heterocycles. The first-order valence-electron chi connectivity index (χ1n) is 7.23. The Morgan fingerprint density at radius 3 is 1.95 bits per heavy atom. The van der Waals surface area contributed by atoms with Gasteiger partial charge in [0.05, 0.1) is 17.6 Å². The van der Waals surface area contributed by atoms with E-state index in [1.165, 1.54) is 0 Å². The predicted octanol–water partition coefficient (Wildman–Crippen LogP) is 4.09. The number of rotatable bonds is 3. The normalized spacial score (nSPS) is 12.0. The topological polar surface area (TPSA) is 31.2 Å². The van der Waals surface area contributed by atoms with Crippen LogP contribution in [0.2, 0.25) is 0 Å². The number of aromatic nitrogens is 1. The number of hydrogen-bond acceptors (Lipinski definition) is 2. The zero-order valence-corrected chi connectivity index (χ0v) is 12.6. The zero-order valence-electron chi connectivity index (χ0n) is 12.6. The van der Waals surface area contributed by atoms with Gasteiger partial charge in [0.2, 0.25) is 0 Å². The third kappa shape index (κ3) is 2.00. The van der Waals surface area contributed by atoms with Gasteiger partial charge in [-0.1, -0.05) is 36.4 Å². The van der Waals surface area contributed by atoms with Crippen LogP contribution >= 0.6 is 0 Å². The largest absolute Gasteiger partial charge is 0.464 e. The minimum atomic E-state index is -0.751. The van der Waals surface area contributed by atoms with E-state index in [-0.39, 0.29) is 5.97 Å². The summed E-state index contributed by atoms with van der Waals surface area (Å²) in [4.78, 5) is 12.4. The van der Waals surface area contributed by atoms with Gasteiger partial charge in [0, 0.05) is 10.8 Å². The van der Waals surface area contributed by atoms with Crippen LogP contribution < -0.4 is 0 Å². The first-order valence-corrected chi connectivity index (χ1v) is 7.23. The molecule has 0 aliphatic rings. The molecule has 21 heavy (non-hydrogen) atoms. The third-order valence-corrected chi connectivity index (χ3v) is 3.91. The van der Waals surface area contributed by atoms with E-state index in [1.807, 2.05) is 45.0 Å². The summed E-state index contributed by atoms with van der Waals surface area (Å²) in [6, 6.07) is 16.3. The van der Waals surface area contributed by atoms with E-state index in [4.69, 9.17) is 4.74 Å². The predicted molar refractivity (Wildman–Crippen MR) is 85.4 cm³/mol. The Morgan fingerprint density at radius 2 is 1.48 bits per heavy atom. The van der Waals surface area contributed by atoms with Crippen molar-refractivity contribution >= 4 is 27.8 Å². The lowest BCUT2D eigenvalue weighted by Gasteiger charge is -2.26. The fourth-order valence-corrected chi connectivity index (χ4v) is 2.92. The molecule has 0 N–H and O–H groups in total. The monoisotopic (exact) mass is 281 g/mol. The zero-order chi connectivity index (χ0) is 15.0. The number of hydrogen-bond donors (Lipinski definition) is 0. The van der Waals surface area contributed by atoms with Gasteiger partial charge in [0.15, 0.2) is 0 Å². The second kappa shape index (κ2) is 4.92. The van der Waals surface area contributed by atoms with Crippen LogP contribution in [-0.4, -0.2) is 17.1 Å². The van der Waals surface area contributed by atoms with Gasteiger partial charge >= 0.3 is 5.97 Å². The van der Waals surface area contributed by atoms with Crippen LogP contribution in [0.4, 0.5) is 0 Å². The van der Waals surface area contributed by atoms with Gasteiger partial charge < -0.3 is 9.30 Å². The number of carbonyl (C=O) groups is 1. The Hall–Kier alpha value is -2.29. The van der Waals surface area contributed by atoms with Crippen LogP contribution in [0.15, 0.2) is 48.5 Å². The lowest BCUT2D eigenvalue weighted by atomic mass is 10.1. The van der Waals surface area contributed by atoms with E-state index < -0.39 is 5.54 Å². The highest BCUT2D eigenvalue weighted by molar-refractivity contribution is 6.09. The van der Waals surface area contributed by atoms with Crippen LogP contribution in [0.3, 0.4) is 0 Å². The summed E-state index contributed by atoms with van der Waals surface area (Å²) in [5.41, 5.74) is 1.35. The van der Waals surface area contributed by atoms with Crippen molar-refractivity contribution in [1.29, 1.82) is 0 Å². The summed E-state index contributed by atoms with van der Waals surface area (Å²) in [6.45, 7) is 6.03. The van der Waals surface area contributed by atoms with E-state index >= 15 is 0 Å². The van der Waals surface area contributed by atoms with Crippen molar-refractivity contribution in [3.8, 4) is 0 Å². The maximum absolute atomic E-state index is 12.4. The van der Waals surface area contributed by atoms with Crippen molar-refractivity contribution in [1.82, 2.24) is 4.57 Å². The molecule has 0 fully saturated rings. The molecule has 108 valence electrons. The van der Waals surface area contributed by atoms with Crippen LogP contribution in [0.1, 0.15) is 20.8 Å². The Balaban J connectivity index is 2.37. The van der Waals surface area contributed by atoms with Gasteiger partial charge in [0.25, 0.3) is 0 Å². The Labute approximate surface area is 124 Å². The van der Waals surface area contributed by atoms with Crippen LogP contribution in [0.25, 0.3) is 21.8 Å². The molecule has 3 rings (SSSR count). The molecule has 0 saturated carbocycles. The van der Waals surface area contributed by atoms with Crippen molar-refractivity contribution in [3.05, 3.63) is 48.5 Å². The van der Waals surface area contributed by atoms with Gasteiger partial charge in [-0.25, -0.2) is 4.79 Å². The summed E-state index contributed by atoms with van der Waals surface area (Å²) >= 11 is 0. The number of benzene rings is 2. The molecule has 1 heterocycles. The van der Waals surface area contributed by atoms with Gasteiger partial charge in [-0.05, 0) is 32.9 Å². The summed E-state index contributed by atoms with van der Waals surface area (Å²) in [5, 5.41) is 2.32. The van der Waals surface area contributed by atoms with E-state index in [2.05, 4.69) is 28.8 Å². The van der Waals surface area contributed by atoms with Gasteiger partial charge in [-0.15, -0.1) is 0 Å². The molecule has 3 heteroatoms. The van der Waals surface area contributed by atoms with Crippen molar-refractivity contribution in [2.45, 2.75) is 26.3 Å². The molecule has 3 nitrogen and oxygen atoms in total. The third-order valence-electron chi connectivity index (χ3n) is 3.91.